The second kappa shape index (κ2) is 8.26. The number of aliphatic carboxylic acids is 1. The second-order valence-electron chi connectivity index (χ2n) is 5.13. The van der Waals surface area contributed by atoms with Crippen molar-refractivity contribution >= 4 is 39.7 Å². The number of hydrogen-bond acceptors (Lipinski definition) is 5. The van der Waals surface area contributed by atoms with Crippen molar-refractivity contribution in [1.82, 2.24) is 9.62 Å². The largest absolute Gasteiger partial charge is 0.480 e. The minimum absolute atomic E-state index is 0. The quantitative estimate of drug-likeness (QED) is 0.799. The third-order valence-electron chi connectivity index (χ3n) is 3.72. The number of carbonyl (C=O) groups is 1. The summed E-state index contributed by atoms with van der Waals surface area (Å²) in [7, 11) is -3.44. The minimum atomic E-state index is -3.44. The van der Waals surface area contributed by atoms with Gasteiger partial charge < -0.3 is 5.11 Å². The number of rotatable bonds is 6. The van der Waals surface area contributed by atoms with Gasteiger partial charge in [0.2, 0.25) is 10.0 Å². The van der Waals surface area contributed by atoms with E-state index < -0.39 is 22.0 Å². The zero-order chi connectivity index (χ0) is 15.5. The fraction of sp³-hybridized carbons (Fsp3) is 0.615. The number of nitrogens with one attached hydrogen (secondary N) is 1. The second-order valence-corrected chi connectivity index (χ2v) is 8.01. The Morgan fingerprint density at radius 3 is 2.59 bits per heavy atom. The van der Waals surface area contributed by atoms with Crippen LogP contribution in [0.15, 0.2) is 21.7 Å². The Morgan fingerprint density at radius 2 is 2.14 bits per heavy atom. The van der Waals surface area contributed by atoms with Gasteiger partial charge in [-0.2, -0.15) is 0 Å². The van der Waals surface area contributed by atoms with Gasteiger partial charge >= 0.3 is 5.97 Å². The Hall–Kier alpha value is -0.670. The highest BCUT2D eigenvalue weighted by molar-refractivity contribution is 7.91. The molecule has 1 aliphatic heterocycles. The van der Waals surface area contributed by atoms with Crippen molar-refractivity contribution in [3.8, 4) is 0 Å². The van der Waals surface area contributed by atoms with Gasteiger partial charge in [-0.1, -0.05) is 13.0 Å². The van der Waals surface area contributed by atoms with Crippen molar-refractivity contribution in [2.75, 3.05) is 13.1 Å². The van der Waals surface area contributed by atoms with E-state index in [1.54, 1.807) is 17.5 Å². The van der Waals surface area contributed by atoms with Crippen LogP contribution in [-0.4, -0.2) is 49.6 Å². The smallest absolute Gasteiger partial charge is 0.320 e. The maximum Gasteiger partial charge on any atom is 0.320 e. The molecule has 1 saturated heterocycles. The molecule has 126 valence electrons. The summed E-state index contributed by atoms with van der Waals surface area (Å²) >= 11 is 1.19. The maximum atomic E-state index is 12.1. The summed E-state index contributed by atoms with van der Waals surface area (Å²) in [6.45, 7) is 3.05. The molecule has 1 atom stereocenters. The molecule has 1 aromatic rings. The Bertz CT molecular complexity index is 569. The fourth-order valence-electron chi connectivity index (χ4n) is 2.61. The SMILES string of the molecule is CCC(C(=O)O)N1CCC(NS(=O)(=O)c2cccs2)CC1.Cl. The number of hydrogen-bond donors (Lipinski definition) is 2. The molecule has 9 heteroatoms. The lowest BCUT2D eigenvalue weighted by molar-refractivity contribution is -0.143. The standard InChI is InChI=1S/C13H20N2O4S2.ClH/c1-2-11(13(16)17)15-7-5-10(6-8-15)14-21(18,19)12-4-3-9-20-12;/h3-4,9-11,14H,2,5-8H2,1H3,(H,16,17);1H. The van der Waals surface area contributed by atoms with E-state index in [2.05, 4.69) is 4.72 Å². The predicted molar refractivity (Wildman–Crippen MR) is 88.2 cm³/mol. The summed E-state index contributed by atoms with van der Waals surface area (Å²) in [5.41, 5.74) is 0. The first-order chi connectivity index (χ1) is 9.94. The minimum Gasteiger partial charge on any atom is -0.480 e. The van der Waals surface area contributed by atoms with Crippen LogP contribution in [0.5, 0.6) is 0 Å². The number of nitrogens with zero attached hydrogens (tertiary/aromatic N) is 1. The topological polar surface area (TPSA) is 86.7 Å². The van der Waals surface area contributed by atoms with Crippen LogP contribution in [0.1, 0.15) is 26.2 Å². The van der Waals surface area contributed by atoms with Crippen LogP contribution in [-0.2, 0) is 14.8 Å². The number of thiophene rings is 1. The molecule has 1 aliphatic rings. The summed E-state index contributed by atoms with van der Waals surface area (Å²) < 4.78 is 27.3. The van der Waals surface area contributed by atoms with Crippen LogP contribution < -0.4 is 4.72 Å². The molecule has 2 heterocycles. The zero-order valence-corrected chi connectivity index (χ0v) is 14.7. The molecule has 0 radical (unpaired) electrons. The van der Waals surface area contributed by atoms with E-state index in [9.17, 15) is 13.2 Å². The van der Waals surface area contributed by atoms with Crippen LogP contribution in [0.4, 0.5) is 0 Å². The molecule has 0 bridgehead atoms. The van der Waals surface area contributed by atoms with E-state index in [1.165, 1.54) is 11.3 Å². The van der Waals surface area contributed by atoms with E-state index in [0.29, 0.717) is 36.6 Å². The third kappa shape index (κ3) is 4.66. The summed E-state index contributed by atoms with van der Waals surface area (Å²) in [6, 6.07) is 2.69. The predicted octanol–water partition coefficient (Wildman–Crippen LogP) is 1.78. The lowest BCUT2D eigenvalue weighted by Gasteiger charge is -2.35. The first-order valence-corrected chi connectivity index (χ1v) is 9.33. The van der Waals surface area contributed by atoms with Gasteiger partial charge in [-0.05, 0) is 30.7 Å². The van der Waals surface area contributed by atoms with E-state index in [4.69, 9.17) is 5.11 Å². The average molecular weight is 369 g/mol. The Balaban J connectivity index is 0.00000242. The monoisotopic (exact) mass is 368 g/mol. The van der Waals surface area contributed by atoms with E-state index in [-0.39, 0.29) is 18.4 Å². The van der Waals surface area contributed by atoms with Gasteiger partial charge in [-0.25, -0.2) is 13.1 Å². The highest BCUT2D eigenvalue weighted by atomic mass is 35.5. The van der Waals surface area contributed by atoms with E-state index >= 15 is 0 Å². The molecule has 22 heavy (non-hydrogen) atoms. The van der Waals surface area contributed by atoms with Crippen LogP contribution >= 0.6 is 23.7 Å². The third-order valence-corrected chi connectivity index (χ3v) is 6.64. The molecule has 2 N–H and O–H groups in total. The summed E-state index contributed by atoms with van der Waals surface area (Å²) in [6.07, 6.45) is 1.82. The first kappa shape index (κ1) is 19.4. The summed E-state index contributed by atoms with van der Waals surface area (Å²) in [4.78, 5) is 13.1. The Kier molecular flexibility index (Phi) is 7.27. The molecule has 1 unspecified atom stereocenters. The number of halogens is 1. The first-order valence-electron chi connectivity index (χ1n) is 6.96. The van der Waals surface area contributed by atoms with Gasteiger partial charge in [0.05, 0.1) is 0 Å². The summed E-state index contributed by atoms with van der Waals surface area (Å²) in [5, 5.41) is 10.9. The number of likely N-dealkylation sites (tertiary alicyclic amines) is 1. The number of carboxylic acids is 1. The Morgan fingerprint density at radius 1 is 1.50 bits per heavy atom. The highest BCUT2D eigenvalue weighted by Gasteiger charge is 2.30. The van der Waals surface area contributed by atoms with Gasteiger partial charge in [-0.3, -0.25) is 9.69 Å². The van der Waals surface area contributed by atoms with Gasteiger partial charge in [0.15, 0.2) is 0 Å². The van der Waals surface area contributed by atoms with Crippen molar-refractivity contribution < 1.29 is 18.3 Å². The van der Waals surface area contributed by atoms with Gasteiger partial charge in [0, 0.05) is 19.1 Å². The molecule has 0 aliphatic carbocycles. The molecular weight excluding hydrogens is 348 g/mol. The van der Waals surface area contributed by atoms with E-state index in [0.717, 1.165) is 0 Å². The molecule has 0 aromatic carbocycles. The van der Waals surface area contributed by atoms with Crippen LogP contribution in [0.2, 0.25) is 0 Å². The number of carboxylic acid groups (broad SMARTS) is 1. The Labute approximate surface area is 141 Å². The van der Waals surface area contributed by atoms with Crippen LogP contribution in [0.3, 0.4) is 0 Å². The van der Waals surface area contributed by atoms with Gasteiger partial charge in [0.25, 0.3) is 0 Å². The molecule has 0 saturated carbocycles. The van der Waals surface area contributed by atoms with Crippen molar-refractivity contribution in [3.63, 3.8) is 0 Å². The average Bonchev–Trinajstić information content (AvgIpc) is 2.95. The van der Waals surface area contributed by atoms with Crippen LogP contribution in [0.25, 0.3) is 0 Å². The van der Waals surface area contributed by atoms with Gasteiger partial charge in [-0.15, -0.1) is 23.7 Å². The fourth-order valence-corrected chi connectivity index (χ4v) is 4.93. The molecule has 1 fully saturated rings. The lowest BCUT2D eigenvalue weighted by Crippen LogP contribution is -2.50. The van der Waals surface area contributed by atoms with Crippen LogP contribution in [0, 0.1) is 0 Å². The van der Waals surface area contributed by atoms with Crippen molar-refractivity contribution in [2.24, 2.45) is 0 Å². The summed E-state index contributed by atoms with van der Waals surface area (Å²) in [5.74, 6) is -0.810. The maximum absolute atomic E-state index is 12.1. The zero-order valence-electron chi connectivity index (χ0n) is 12.3. The molecule has 6 nitrogen and oxygen atoms in total. The van der Waals surface area contributed by atoms with Crippen molar-refractivity contribution in [3.05, 3.63) is 17.5 Å². The lowest BCUT2D eigenvalue weighted by atomic mass is 10.0. The van der Waals surface area contributed by atoms with Gasteiger partial charge in [0.1, 0.15) is 10.3 Å². The van der Waals surface area contributed by atoms with E-state index in [1.807, 2.05) is 11.8 Å². The highest BCUT2D eigenvalue weighted by Crippen LogP contribution is 2.20. The molecule has 2 rings (SSSR count). The van der Waals surface area contributed by atoms with Crippen molar-refractivity contribution in [1.29, 1.82) is 0 Å². The molecule has 0 spiro atoms. The van der Waals surface area contributed by atoms with Crippen molar-refractivity contribution in [2.45, 2.75) is 42.5 Å². The number of sulfonamides is 1. The number of piperidine rings is 1. The molecule has 1 aromatic heterocycles. The molecule has 0 amide bonds. The molecular formula is C13H21ClN2O4S2. The normalized spacial score (nSPS) is 18.6.